The first-order chi connectivity index (χ1) is 4.79. The number of rotatable bonds is 1. The second-order valence-electron chi connectivity index (χ2n) is 1.59. The molecule has 50 valence electrons. The van der Waals surface area contributed by atoms with Crippen molar-refractivity contribution in [2.24, 2.45) is 0 Å². The molecular formula is C6H4BrN3. The number of hydrogen-bond acceptors (Lipinski definition) is 2. The lowest BCUT2D eigenvalue weighted by molar-refractivity contribution is 1.11. The Morgan fingerprint density at radius 2 is 2.60 bits per heavy atom. The fourth-order valence-electron chi connectivity index (χ4n) is 0.581. The molecule has 1 aromatic heterocycles. The van der Waals surface area contributed by atoms with Crippen LogP contribution in [0.1, 0.15) is 5.69 Å². The van der Waals surface area contributed by atoms with E-state index in [1.54, 1.807) is 4.57 Å². The van der Waals surface area contributed by atoms with Crippen LogP contribution in [-0.2, 0) is 0 Å². The van der Waals surface area contributed by atoms with Gasteiger partial charge in [0.25, 0.3) is 0 Å². The van der Waals surface area contributed by atoms with Crippen molar-refractivity contribution >= 4 is 22.1 Å². The zero-order chi connectivity index (χ0) is 7.56. The van der Waals surface area contributed by atoms with Gasteiger partial charge >= 0.3 is 0 Å². The van der Waals surface area contributed by atoms with Crippen LogP contribution in [0.3, 0.4) is 0 Å². The Morgan fingerprint density at radius 1 is 1.90 bits per heavy atom. The molecule has 0 spiro atoms. The minimum Gasteiger partial charge on any atom is -0.297 e. The molecule has 10 heavy (non-hydrogen) atoms. The van der Waals surface area contributed by atoms with Gasteiger partial charge in [-0.05, 0) is 15.9 Å². The van der Waals surface area contributed by atoms with Crippen molar-refractivity contribution in [2.75, 3.05) is 0 Å². The Kier molecular flexibility index (Phi) is 1.88. The summed E-state index contributed by atoms with van der Waals surface area (Å²) in [5, 5.41) is 8.53. The molecule has 0 bridgehead atoms. The lowest BCUT2D eigenvalue weighted by atomic mass is 10.5. The number of nitrogens with zero attached hydrogens (tertiary/aromatic N) is 3. The first-order valence-electron chi connectivity index (χ1n) is 2.54. The van der Waals surface area contributed by atoms with Gasteiger partial charge in [0, 0.05) is 6.20 Å². The van der Waals surface area contributed by atoms with Crippen LogP contribution in [0.4, 0.5) is 0 Å². The molecule has 0 aliphatic rings. The zero-order valence-corrected chi connectivity index (χ0v) is 6.67. The van der Waals surface area contributed by atoms with Crippen LogP contribution in [0.5, 0.6) is 0 Å². The average molecular weight is 198 g/mol. The highest BCUT2D eigenvalue weighted by Gasteiger charge is 2.03. The SMILES string of the molecule is C=Cn1cnc(Br)c1C#N. The van der Waals surface area contributed by atoms with E-state index in [2.05, 4.69) is 27.5 Å². The third kappa shape index (κ3) is 0.957. The first kappa shape index (κ1) is 7.03. The maximum Gasteiger partial charge on any atom is 0.158 e. The molecule has 0 fully saturated rings. The second-order valence-corrected chi connectivity index (χ2v) is 2.34. The fraction of sp³-hybridized carbons (Fsp3) is 0. The molecule has 0 saturated carbocycles. The van der Waals surface area contributed by atoms with E-state index < -0.39 is 0 Å². The van der Waals surface area contributed by atoms with E-state index in [1.807, 2.05) is 6.07 Å². The van der Waals surface area contributed by atoms with Crippen LogP contribution in [0.15, 0.2) is 17.5 Å². The van der Waals surface area contributed by atoms with E-state index in [1.165, 1.54) is 12.5 Å². The molecule has 0 amide bonds. The molecule has 3 nitrogen and oxygen atoms in total. The van der Waals surface area contributed by atoms with Gasteiger partial charge in [-0.1, -0.05) is 6.58 Å². The van der Waals surface area contributed by atoms with E-state index in [4.69, 9.17) is 5.26 Å². The van der Waals surface area contributed by atoms with Gasteiger partial charge in [-0.3, -0.25) is 4.57 Å². The van der Waals surface area contributed by atoms with Gasteiger partial charge < -0.3 is 0 Å². The number of imidazole rings is 1. The number of hydrogen-bond donors (Lipinski definition) is 0. The summed E-state index contributed by atoms with van der Waals surface area (Å²) in [4.78, 5) is 3.84. The Hall–Kier alpha value is -1.08. The average Bonchev–Trinajstić information content (AvgIpc) is 2.30. The van der Waals surface area contributed by atoms with Crippen molar-refractivity contribution in [3.05, 3.63) is 23.2 Å². The summed E-state index contributed by atoms with van der Waals surface area (Å²) in [6.07, 6.45) is 3.05. The Bertz CT molecular complexity index is 294. The third-order valence-corrected chi connectivity index (χ3v) is 1.63. The Morgan fingerprint density at radius 3 is 3.00 bits per heavy atom. The van der Waals surface area contributed by atoms with Crippen LogP contribution in [0.25, 0.3) is 6.20 Å². The van der Waals surface area contributed by atoms with Crippen molar-refractivity contribution in [1.82, 2.24) is 9.55 Å². The Balaban J connectivity index is 3.29. The summed E-state index contributed by atoms with van der Waals surface area (Å²) in [6.45, 7) is 3.50. The molecule has 0 aromatic carbocycles. The highest BCUT2D eigenvalue weighted by Crippen LogP contribution is 2.12. The topological polar surface area (TPSA) is 41.6 Å². The predicted molar refractivity (Wildman–Crippen MR) is 41.0 cm³/mol. The standard InChI is InChI=1S/C6H4BrN3/c1-2-10-4-9-6(7)5(10)3-8/h2,4H,1H2. The molecule has 0 unspecified atom stereocenters. The quantitative estimate of drug-likeness (QED) is 0.687. The summed E-state index contributed by atoms with van der Waals surface area (Å²) in [5.74, 6) is 0. The minimum absolute atomic E-state index is 0.468. The zero-order valence-electron chi connectivity index (χ0n) is 5.08. The first-order valence-corrected chi connectivity index (χ1v) is 3.34. The van der Waals surface area contributed by atoms with E-state index >= 15 is 0 Å². The molecule has 0 aliphatic carbocycles. The van der Waals surface area contributed by atoms with Gasteiger partial charge in [-0.15, -0.1) is 0 Å². The molecule has 1 aromatic rings. The lowest BCUT2D eigenvalue weighted by Crippen LogP contribution is -1.85. The minimum atomic E-state index is 0.468. The van der Waals surface area contributed by atoms with E-state index in [9.17, 15) is 0 Å². The monoisotopic (exact) mass is 197 g/mol. The number of aromatic nitrogens is 2. The van der Waals surface area contributed by atoms with Crippen LogP contribution >= 0.6 is 15.9 Å². The van der Waals surface area contributed by atoms with E-state index in [0.717, 1.165) is 0 Å². The lowest BCUT2D eigenvalue weighted by Gasteiger charge is -1.89. The van der Waals surface area contributed by atoms with Gasteiger partial charge in [0.05, 0.1) is 0 Å². The van der Waals surface area contributed by atoms with E-state index in [-0.39, 0.29) is 0 Å². The second kappa shape index (κ2) is 2.67. The van der Waals surface area contributed by atoms with Gasteiger partial charge in [-0.25, -0.2) is 4.98 Å². The van der Waals surface area contributed by atoms with Gasteiger partial charge in [0.15, 0.2) is 5.69 Å². The number of nitriles is 1. The molecule has 1 rings (SSSR count). The molecular weight excluding hydrogens is 194 g/mol. The molecule has 0 N–H and O–H groups in total. The van der Waals surface area contributed by atoms with Crippen molar-refractivity contribution in [2.45, 2.75) is 0 Å². The smallest absolute Gasteiger partial charge is 0.158 e. The summed E-state index contributed by atoms with van der Waals surface area (Å²) in [5.41, 5.74) is 0.468. The Labute approximate surface area is 66.7 Å². The summed E-state index contributed by atoms with van der Waals surface area (Å²) in [6, 6.07) is 1.98. The predicted octanol–water partition coefficient (Wildman–Crippen LogP) is 1.62. The van der Waals surface area contributed by atoms with Crippen molar-refractivity contribution < 1.29 is 0 Å². The van der Waals surface area contributed by atoms with Crippen LogP contribution < -0.4 is 0 Å². The highest BCUT2D eigenvalue weighted by molar-refractivity contribution is 9.10. The third-order valence-electron chi connectivity index (χ3n) is 1.05. The molecule has 1 heterocycles. The summed E-state index contributed by atoms with van der Waals surface area (Å²) < 4.78 is 2.10. The maximum absolute atomic E-state index is 8.53. The van der Waals surface area contributed by atoms with E-state index in [0.29, 0.717) is 10.3 Å². The van der Waals surface area contributed by atoms with Gasteiger partial charge in [0.1, 0.15) is 17.0 Å². The van der Waals surface area contributed by atoms with Crippen molar-refractivity contribution in [3.8, 4) is 6.07 Å². The molecule has 0 aliphatic heterocycles. The normalized spacial score (nSPS) is 8.80. The molecule has 0 saturated heterocycles. The maximum atomic E-state index is 8.53. The molecule has 4 heteroatoms. The van der Waals surface area contributed by atoms with Crippen molar-refractivity contribution in [1.29, 1.82) is 5.26 Å². The fourth-order valence-corrected chi connectivity index (χ4v) is 0.966. The van der Waals surface area contributed by atoms with Crippen molar-refractivity contribution in [3.63, 3.8) is 0 Å². The number of halogens is 1. The van der Waals surface area contributed by atoms with Crippen LogP contribution in [0.2, 0.25) is 0 Å². The van der Waals surface area contributed by atoms with Crippen LogP contribution in [-0.4, -0.2) is 9.55 Å². The summed E-state index contributed by atoms with van der Waals surface area (Å²) >= 11 is 3.12. The largest absolute Gasteiger partial charge is 0.297 e. The summed E-state index contributed by atoms with van der Waals surface area (Å²) in [7, 11) is 0. The highest BCUT2D eigenvalue weighted by atomic mass is 79.9. The molecule has 0 radical (unpaired) electrons. The molecule has 0 atom stereocenters. The van der Waals surface area contributed by atoms with Crippen LogP contribution in [0, 0.1) is 11.3 Å². The van der Waals surface area contributed by atoms with Gasteiger partial charge in [-0.2, -0.15) is 5.26 Å². The van der Waals surface area contributed by atoms with Gasteiger partial charge in [0.2, 0.25) is 0 Å².